The summed E-state index contributed by atoms with van der Waals surface area (Å²) in [4.78, 5) is 7.58. The molecular formula is C11H15N3S2. The molecule has 2 heterocycles. The van der Waals surface area contributed by atoms with E-state index in [-0.39, 0.29) is 0 Å². The van der Waals surface area contributed by atoms with Crippen LogP contribution in [0.5, 0.6) is 0 Å². The fraction of sp³-hybridized carbons (Fsp3) is 0.455. The summed E-state index contributed by atoms with van der Waals surface area (Å²) >= 11 is 7.20. The van der Waals surface area contributed by atoms with Crippen LogP contribution in [0.15, 0.2) is 18.3 Å². The summed E-state index contributed by atoms with van der Waals surface area (Å²) in [7, 11) is 0. The molecule has 0 spiro atoms. The van der Waals surface area contributed by atoms with Gasteiger partial charge in [0.1, 0.15) is 0 Å². The molecule has 16 heavy (non-hydrogen) atoms. The van der Waals surface area contributed by atoms with Gasteiger partial charge in [-0.3, -0.25) is 4.57 Å². The van der Waals surface area contributed by atoms with Gasteiger partial charge in [0.15, 0.2) is 10.4 Å². The molecule has 0 aromatic carbocycles. The second kappa shape index (κ2) is 5.01. The Balaban J connectivity index is 2.43. The summed E-state index contributed by atoms with van der Waals surface area (Å²) in [5.41, 5.74) is 1.98. The SMILES string of the molecule is CSCCC(C)n1c(=S)[nH]c2cccnc21. The molecule has 3 nitrogen and oxygen atoms in total. The van der Waals surface area contributed by atoms with Gasteiger partial charge in [-0.2, -0.15) is 11.8 Å². The molecule has 2 aromatic heterocycles. The zero-order valence-corrected chi connectivity index (χ0v) is 11.1. The number of H-pyrrole nitrogens is 1. The summed E-state index contributed by atoms with van der Waals surface area (Å²) in [6.07, 6.45) is 5.04. The van der Waals surface area contributed by atoms with Gasteiger partial charge in [0.25, 0.3) is 0 Å². The van der Waals surface area contributed by atoms with Crippen LogP contribution < -0.4 is 0 Å². The molecule has 1 N–H and O–H groups in total. The lowest BCUT2D eigenvalue weighted by Crippen LogP contribution is -2.06. The summed E-state index contributed by atoms with van der Waals surface area (Å²) in [6, 6.07) is 4.32. The van der Waals surface area contributed by atoms with Crippen molar-refractivity contribution in [2.24, 2.45) is 0 Å². The highest BCUT2D eigenvalue weighted by Crippen LogP contribution is 2.20. The number of pyridine rings is 1. The summed E-state index contributed by atoms with van der Waals surface area (Å²) in [6.45, 7) is 2.19. The highest BCUT2D eigenvalue weighted by atomic mass is 32.2. The Morgan fingerprint density at radius 1 is 1.62 bits per heavy atom. The summed E-state index contributed by atoms with van der Waals surface area (Å²) in [5, 5.41) is 0. The average molecular weight is 253 g/mol. The van der Waals surface area contributed by atoms with E-state index in [0.29, 0.717) is 6.04 Å². The van der Waals surface area contributed by atoms with Crippen LogP contribution in [-0.4, -0.2) is 26.5 Å². The molecule has 0 saturated carbocycles. The maximum absolute atomic E-state index is 5.34. The first-order chi connectivity index (χ1) is 7.74. The van der Waals surface area contributed by atoms with Gasteiger partial charge in [-0.15, -0.1) is 0 Å². The van der Waals surface area contributed by atoms with Crippen molar-refractivity contribution < 1.29 is 0 Å². The molecule has 0 aliphatic carbocycles. The van der Waals surface area contributed by atoms with Gasteiger partial charge in [0.05, 0.1) is 5.52 Å². The third-order valence-corrected chi connectivity index (χ3v) is 3.60. The quantitative estimate of drug-likeness (QED) is 0.848. The minimum atomic E-state index is 0.392. The van der Waals surface area contributed by atoms with E-state index in [2.05, 4.69) is 27.7 Å². The van der Waals surface area contributed by atoms with Crippen molar-refractivity contribution in [1.82, 2.24) is 14.5 Å². The van der Waals surface area contributed by atoms with E-state index in [4.69, 9.17) is 12.2 Å². The molecule has 1 unspecified atom stereocenters. The van der Waals surface area contributed by atoms with Crippen molar-refractivity contribution in [2.45, 2.75) is 19.4 Å². The van der Waals surface area contributed by atoms with Gasteiger partial charge in [-0.1, -0.05) is 0 Å². The molecule has 86 valence electrons. The number of aromatic nitrogens is 3. The molecule has 1 atom stereocenters. The minimum absolute atomic E-state index is 0.392. The molecular weight excluding hydrogens is 238 g/mol. The van der Waals surface area contributed by atoms with E-state index in [0.717, 1.165) is 28.1 Å². The largest absolute Gasteiger partial charge is 0.329 e. The van der Waals surface area contributed by atoms with Gasteiger partial charge in [0, 0.05) is 12.2 Å². The predicted molar refractivity (Wildman–Crippen MR) is 72.6 cm³/mol. The Morgan fingerprint density at radius 3 is 3.19 bits per heavy atom. The van der Waals surface area contributed by atoms with Gasteiger partial charge in [0.2, 0.25) is 0 Å². The van der Waals surface area contributed by atoms with Crippen LogP contribution in [0.1, 0.15) is 19.4 Å². The third-order valence-electron chi connectivity index (χ3n) is 2.66. The number of nitrogens with one attached hydrogen (secondary N) is 1. The van der Waals surface area contributed by atoms with E-state index in [1.807, 2.05) is 30.1 Å². The van der Waals surface area contributed by atoms with Crippen LogP contribution in [-0.2, 0) is 0 Å². The van der Waals surface area contributed by atoms with Crippen molar-refractivity contribution in [1.29, 1.82) is 0 Å². The standard InChI is InChI=1S/C11H15N3S2/c1-8(5-7-16-2)14-10-9(13-11(14)15)4-3-6-12-10/h3-4,6,8H,5,7H2,1-2H3,(H,13,15). The monoisotopic (exact) mass is 253 g/mol. The van der Waals surface area contributed by atoms with Crippen molar-refractivity contribution in [3.63, 3.8) is 0 Å². The number of hydrogen-bond donors (Lipinski definition) is 1. The molecule has 0 amide bonds. The van der Waals surface area contributed by atoms with Crippen LogP contribution in [0.2, 0.25) is 0 Å². The average Bonchev–Trinajstić information content (AvgIpc) is 2.62. The minimum Gasteiger partial charge on any atom is -0.329 e. The Bertz CT molecular complexity index is 529. The molecule has 0 radical (unpaired) electrons. The predicted octanol–water partition coefficient (Wildman–Crippen LogP) is 3.41. The maximum atomic E-state index is 5.34. The second-order valence-electron chi connectivity index (χ2n) is 3.81. The van der Waals surface area contributed by atoms with Gasteiger partial charge >= 0.3 is 0 Å². The van der Waals surface area contributed by atoms with E-state index in [9.17, 15) is 0 Å². The van der Waals surface area contributed by atoms with Crippen molar-refractivity contribution in [3.05, 3.63) is 23.1 Å². The fourth-order valence-corrected chi connectivity index (χ4v) is 2.74. The number of imidazole rings is 1. The first-order valence-corrected chi connectivity index (χ1v) is 7.08. The summed E-state index contributed by atoms with van der Waals surface area (Å²) in [5.74, 6) is 1.14. The first kappa shape index (κ1) is 11.7. The molecule has 0 aliphatic rings. The van der Waals surface area contributed by atoms with Crippen molar-refractivity contribution in [3.8, 4) is 0 Å². The zero-order valence-electron chi connectivity index (χ0n) is 9.43. The first-order valence-electron chi connectivity index (χ1n) is 5.28. The Hall–Kier alpha value is -0.810. The molecule has 0 fully saturated rings. The highest BCUT2D eigenvalue weighted by molar-refractivity contribution is 7.98. The highest BCUT2D eigenvalue weighted by Gasteiger charge is 2.11. The molecule has 0 bridgehead atoms. The van der Waals surface area contributed by atoms with Crippen LogP contribution in [0.4, 0.5) is 0 Å². The molecule has 0 saturated heterocycles. The van der Waals surface area contributed by atoms with Crippen LogP contribution >= 0.6 is 24.0 Å². The second-order valence-corrected chi connectivity index (χ2v) is 5.18. The number of hydrogen-bond acceptors (Lipinski definition) is 3. The number of fused-ring (bicyclic) bond motifs is 1. The normalized spacial score (nSPS) is 13.1. The van der Waals surface area contributed by atoms with Crippen LogP contribution in [0.3, 0.4) is 0 Å². The van der Waals surface area contributed by atoms with Crippen LogP contribution in [0, 0.1) is 4.77 Å². The van der Waals surface area contributed by atoms with E-state index >= 15 is 0 Å². The fourth-order valence-electron chi connectivity index (χ4n) is 1.78. The number of thioether (sulfide) groups is 1. The Kier molecular flexibility index (Phi) is 3.66. The van der Waals surface area contributed by atoms with E-state index in [1.165, 1.54) is 0 Å². The number of rotatable bonds is 4. The molecule has 5 heteroatoms. The maximum Gasteiger partial charge on any atom is 0.179 e. The van der Waals surface area contributed by atoms with Crippen molar-refractivity contribution >= 4 is 35.1 Å². The lowest BCUT2D eigenvalue weighted by molar-refractivity contribution is 0.539. The van der Waals surface area contributed by atoms with Crippen molar-refractivity contribution in [2.75, 3.05) is 12.0 Å². The molecule has 0 aliphatic heterocycles. The lowest BCUT2D eigenvalue weighted by Gasteiger charge is -2.12. The Labute approximate surface area is 104 Å². The molecule has 2 rings (SSSR count). The van der Waals surface area contributed by atoms with Gasteiger partial charge in [-0.05, 0) is 49.7 Å². The summed E-state index contributed by atoms with van der Waals surface area (Å²) < 4.78 is 2.88. The van der Waals surface area contributed by atoms with Gasteiger partial charge in [-0.25, -0.2) is 4.98 Å². The zero-order chi connectivity index (χ0) is 11.5. The topological polar surface area (TPSA) is 33.6 Å². The number of nitrogens with zero attached hydrogens (tertiary/aromatic N) is 2. The Morgan fingerprint density at radius 2 is 2.44 bits per heavy atom. The van der Waals surface area contributed by atoms with Gasteiger partial charge < -0.3 is 4.98 Å². The molecule has 2 aromatic rings. The number of aromatic amines is 1. The smallest absolute Gasteiger partial charge is 0.179 e. The van der Waals surface area contributed by atoms with Crippen LogP contribution in [0.25, 0.3) is 11.2 Å². The van der Waals surface area contributed by atoms with E-state index < -0.39 is 0 Å². The third kappa shape index (κ3) is 2.15. The van der Waals surface area contributed by atoms with E-state index in [1.54, 1.807) is 0 Å². The lowest BCUT2D eigenvalue weighted by atomic mass is 10.2.